The molecule has 0 aliphatic carbocycles. The number of nitrogens with two attached hydrogens (primary N) is 1. The fourth-order valence-electron chi connectivity index (χ4n) is 1.69. The SMILES string of the molecule is Cc1nnc(COc2ccc(CCC(C)N)cc2)o1. The zero-order valence-electron chi connectivity index (χ0n) is 11.3. The summed E-state index contributed by atoms with van der Waals surface area (Å²) in [6.45, 7) is 4.06. The van der Waals surface area contributed by atoms with Gasteiger partial charge in [-0.25, -0.2) is 0 Å². The molecule has 0 bridgehead atoms. The van der Waals surface area contributed by atoms with Crippen LogP contribution in [0.5, 0.6) is 5.75 Å². The number of aryl methyl sites for hydroxylation is 2. The average molecular weight is 261 g/mol. The van der Waals surface area contributed by atoms with Gasteiger partial charge < -0.3 is 14.9 Å². The van der Waals surface area contributed by atoms with Gasteiger partial charge in [0.25, 0.3) is 5.89 Å². The lowest BCUT2D eigenvalue weighted by Crippen LogP contribution is -2.15. The molecule has 0 radical (unpaired) electrons. The Morgan fingerprint density at radius 1 is 1.26 bits per heavy atom. The molecule has 0 amide bonds. The number of aromatic nitrogens is 2. The lowest BCUT2D eigenvalue weighted by molar-refractivity contribution is 0.260. The molecule has 5 heteroatoms. The molecule has 0 saturated heterocycles. The average Bonchev–Trinajstić information content (AvgIpc) is 2.81. The minimum absolute atomic E-state index is 0.233. The van der Waals surface area contributed by atoms with Gasteiger partial charge in [-0.2, -0.15) is 0 Å². The summed E-state index contributed by atoms with van der Waals surface area (Å²) in [6.07, 6.45) is 1.97. The Bertz CT molecular complexity index is 506. The summed E-state index contributed by atoms with van der Waals surface area (Å²) in [7, 11) is 0. The smallest absolute Gasteiger partial charge is 0.253 e. The summed E-state index contributed by atoms with van der Waals surface area (Å²) in [5, 5.41) is 7.62. The van der Waals surface area contributed by atoms with Crippen LogP contribution in [0.25, 0.3) is 0 Å². The molecule has 2 aromatic rings. The third-order valence-corrected chi connectivity index (χ3v) is 2.74. The fourth-order valence-corrected chi connectivity index (χ4v) is 1.69. The summed E-state index contributed by atoms with van der Waals surface area (Å²) in [6, 6.07) is 8.23. The van der Waals surface area contributed by atoms with Crippen LogP contribution in [0.15, 0.2) is 28.7 Å². The Morgan fingerprint density at radius 2 is 2.00 bits per heavy atom. The van der Waals surface area contributed by atoms with E-state index < -0.39 is 0 Å². The van der Waals surface area contributed by atoms with Gasteiger partial charge in [0.2, 0.25) is 5.89 Å². The highest BCUT2D eigenvalue weighted by atomic mass is 16.5. The van der Waals surface area contributed by atoms with Crippen molar-refractivity contribution in [3.05, 3.63) is 41.6 Å². The maximum absolute atomic E-state index is 5.74. The zero-order valence-corrected chi connectivity index (χ0v) is 11.3. The van der Waals surface area contributed by atoms with Crippen LogP contribution < -0.4 is 10.5 Å². The summed E-state index contributed by atoms with van der Waals surface area (Å²) in [4.78, 5) is 0. The molecule has 102 valence electrons. The maximum Gasteiger partial charge on any atom is 0.253 e. The summed E-state index contributed by atoms with van der Waals surface area (Å²) < 4.78 is 10.8. The van der Waals surface area contributed by atoms with Crippen molar-refractivity contribution >= 4 is 0 Å². The highest BCUT2D eigenvalue weighted by Crippen LogP contribution is 2.15. The Morgan fingerprint density at radius 3 is 2.58 bits per heavy atom. The Labute approximate surface area is 112 Å². The molecule has 1 heterocycles. The maximum atomic E-state index is 5.74. The van der Waals surface area contributed by atoms with Gasteiger partial charge in [0.15, 0.2) is 6.61 Å². The lowest BCUT2D eigenvalue weighted by Gasteiger charge is -2.07. The van der Waals surface area contributed by atoms with Gasteiger partial charge in [-0.15, -0.1) is 10.2 Å². The van der Waals surface area contributed by atoms with Crippen molar-refractivity contribution in [1.82, 2.24) is 10.2 Å². The van der Waals surface area contributed by atoms with E-state index >= 15 is 0 Å². The number of benzene rings is 1. The molecule has 0 spiro atoms. The van der Waals surface area contributed by atoms with Gasteiger partial charge in [0.05, 0.1) is 0 Å². The molecule has 5 nitrogen and oxygen atoms in total. The van der Waals surface area contributed by atoms with E-state index in [1.54, 1.807) is 6.92 Å². The minimum atomic E-state index is 0.233. The van der Waals surface area contributed by atoms with Crippen molar-refractivity contribution in [2.24, 2.45) is 5.73 Å². The van der Waals surface area contributed by atoms with E-state index in [1.165, 1.54) is 5.56 Å². The first-order chi connectivity index (χ1) is 9.13. The number of hydrogen-bond acceptors (Lipinski definition) is 5. The second-order valence-electron chi connectivity index (χ2n) is 4.66. The third-order valence-electron chi connectivity index (χ3n) is 2.74. The van der Waals surface area contributed by atoms with E-state index in [1.807, 2.05) is 19.1 Å². The van der Waals surface area contributed by atoms with E-state index in [2.05, 4.69) is 22.3 Å². The molecule has 0 saturated carbocycles. The summed E-state index contributed by atoms with van der Waals surface area (Å²) >= 11 is 0. The van der Waals surface area contributed by atoms with E-state index in [-0.39, 0.29) is 6.04 Å². The lowest BCUT2D eigenvalue weighted by atomic mass is 10.1. The summed E-state index contributed by atoms with van der Waals surface area (Å²) in [5.41, 5.74) is 7.00. The van der Waals surface area contributed by atoms with Crippen molar-refractivity contribution < 1.29 is 9.15 Å². The van der Waals surface area contributed by atoms with Gasteiger partial charge in [0, 0.05) is 13.0 Å². The molecule has 2 N–H and O–H groups in total. The number of nitrogens with zero attached hydrogens (tertiary/aromatic N) is 2. The minimum Gasteiger partial charge on any atom is -0.484 e. The molecule has 1 aromatic heterocycles. The Hall–Kier alpha value is -1.88. The van der Waals surface area contributed by atoms with Crippen LogP contribution in [-0.2, 0) is 13.0 Å². The second-order valence-corrected chi connectivity index (χ2v) is 4.66. The van der Waals surface area contributed by atoms with Crippen LogP contribution in [0.4, 0.5) is 0 Å². The quantitative estimate of drug-likeness (QED) is 0.863. The monoisotopic (exact) mass is 261 g/mol. The van der Waals surface area contributed by atoms with Gasteiger partial charge in [0.1, 0.15) is 5.75 Å². The number of rotatable bonds is 6. The molecular formula is C14H19N3O2. The molecule has 0 fully saturated rings. The van der Waals surface area contributed by atoms with Crippen molar-refractivity contribution in [2.45, 2.75) is 39.3 Å². The molecule has 0 aliphatic heterocycles. The van der Waals surface area contributed by atoms with Crippen molar-refractivity contribution in [3.8, 4) is 5.75 Å². The molecule has 1 atom stereocenters. The molecule has 1 unspecified atom stereocenters. The highest BCUT2D eigenvalue weighted by Gasteiger charge is 2.03. The highest BCUT2D eigenvalue weighted by molar-refractivity contribution is 5.27. The van der Waals surface area contributed by atoms with Gasteiger partial charge in [-0.05, 0) is 37.5 Å². The Balaban J connectivity index is 1.84. The van der Waals surface area contributed by atoms with Gasteiger partial charge in [-0.3, -0.25) is 0 Å². The van der Waals surface area contributed by atoms with Crippen LogP contribution in [-0.4, -0.2) is 16.2 Å². The Kier molecular flexibility index (Phi) is 4.52. The molecule has 19 heavy (non-hydrogen) atoms. The van der Waals surface area contributed by atoms with Crippen molar-refractivity contribution in [1.29, 1.82) is 0 Å². The summed E-state index contributed by atoms with van der Waals surface area (Å²) in [5.74, 6) is 1.82. The molecule has 2 rings (SSSR count). The second kappa shape index (κ2) is 6.33. The fraction of sp³-hybridized carbons (Fsp3) is 0.429. The predicted octanol–water partition coefficient (Wildman–Crippen LogP) is 2.24. The molecule has 0 aliphatic rings. The zero-order chi connectivity index (χ0) is 13.7. The van der Waals surface area contributed by atoms with Gasteiger partial charge >= 0.3 is 0 Å². The first-order valence-corrected chi connectivity index (χ1v) is 6.40. The van der Waals surface area contributed by atoms with Crippen LogP contribution in [0, 0.1) is 6.92 Å². The molecular weight excluding hydrogens is 242 g/mol. The third kappa shape index (κ3) is 4.37. The normalized spacial score (nSPS) is 12.4. The standard InChI is InChI=1S/C14H19N3O2/c1-10(15)3-4-12-5-7-13(8-6-12)18-9-14-17-16-11(2)19-14/h5-8,10H,3-4,9,15H2,1-2H3. The van der Waals surface area contributed by atoms with Crippen LogP contribution >= 0.6 is 0 Å². The molecule has 1 aromatic carbocycles. The predicted molar refractivity (Wildman–Crippen MR) is 71.8 cm³/mol. The van der Waals surface area contributed by atoms with Crippen LogP contribution in [0.2, 0.25) is 0 Å². The topological polar surface area (TPSA) is 74.2 Å². The van der Waals surface area contributed by atoms with Crippen molar-refractivity contribution in [2.75, 3.05) is 0 Å². The van der Waals surface area contributed by atoms with Crippen LogP contribution in [0.1, 0.15) is 30.7 Å². The van der Waals surface area contributed by atoms with E-state index in [0.717, 1.165) is 18.6 Å². The van der Waals surface area contributed by atoms with Crippen LogP contribution in [0.3, 0.4) is 0 Å². The van der Waals surface area contributed by atoms with E-state index in [0.29, 0.717) is 18.4 Å². The number of ether oxygens (including phenoxy) is 1. The van der Waals surface area contributed by atoms with Gasteiger partial charge in [-0.1, -0.05) is 12.1 Å². The van der Waals surface area contributed by atoms with E-state index in [4.69, 9.17) is 14.9 Å². The first kappa shape index (κ1) is 13.5. The number of hydrogen-bond donors (Lipinski definition) is 1. The van der Waals surface area contributed by atoms with Crippen molar-refractivity contribution in [3.63, 3.8) is 0 Å². The van der Waals surface area contributed by atoms with E-state index in [9.17, 15) is 0 Å². The largest absolute Gasteiger partial charge is 0.484 e. The first-order valence-electron chi connectivity index (χ1n) is 6.40.